The summed E-state index contributed by atoms with van der Waals surface area (Å²) < 4.78 is 46.1. The van der Waals surface area contributed by atoms with Crippen LogP contribution in [-0.2, 0) is 26.4 Å². The maximum atomic E-state index is 12.8. The van der Waals surface area contributed by atoms with E-state index < -0.39 is 26.5 Å². The van der Waals surface area contributed by atoms with E-state index in [1.54, 1.807) is 0 Å². The van der Waals surface area contributed by atoms with Gasteiger partial charge in [0.05, 0.1) is 11.5 Å². The number of anilines is 1. The minimum Gasteiger partial charge on any atom is -0.398 e. The summed E-state index contributed by atoms with van der Waals surface area (Å²) in [6, 6.07) is 3.85. The molecular weight excluding hydrogens is 265 g/mol. The average molecular weight is 279 g/mol. The van der Waals surface area contributed by atoms with E-state index in [0.717, 1.165) is 12.3 Å². The Morgan fingerprint density at radius 3 is 2.59 bits per heavy atom. The van der Waals surface area contributed by atoms with Gasteiger partial charge in [-0.1, -0.05) is 6.07 Å². The smallest absolute Gasteiger partial charge is 0.148 e. The third kappa shape index (κ3) is 5.27. The van der Waals surface area contributed by atoms with E-state index in [-0.39, 0.29) is 22.9 Å². The van der Waals surface area contributed by atoms with Crippen LogP contribution >= 0.6 is 0 Å². The fraction of sp³-hybridized carbons (Fsp3) is 0.400. The van der Waals surface area contributed by atoms with E-state index >= 15 is 0 Å². The minimum absolute atomic E-state index is 0.0651. The van der Waals surface area contributed by atoms with Crippen molar-refractivity contribution in [2.45, 2.75) is 5.75 Å². The standard InChI is InChI=1S/C10H14FNO3S2/c1-17(14,15)5-4-16(13)7-8-2-3-9(11)6-10(8)12/h2-3,6H,4-5,7,12H2,1H3. The van der Waals surface area contributed by atoms with Crippen molar-refractivity contribution in [3.63, 3.8) is 0 Å². The topological polar surface area (TPSA) is 77.2 Å². The molecule has 0 aromatic heterocycles. The lowest BCUT2D eigenvalue weighted by molar-refractivity contribution is 0.602. The molecule has 1 unspecified atom stereocenters. The second kappa shape index (κ2) is 5.59. The molecule has 96 valence electrons. The van der Waals surface area contributed by atoms with Crippen LogP contribution in [0.25, 0.3) is 0 Å². The van der Waals surface area contributed by atoms with Crippen molar-refractivity contribution >= 4 is 26.3 Å². The van der Waals surface area contributed by atoms with Gasteiger partial charge >= 0.3 is 0 Å². The van der Waals surface area contributed by atoms with E-state index in [1.807, 2.05) is 0 Å². The molecule has 1 rings (SSSR count). The monoisotopic (exact) mass is 279 g/mol. The van der Waals surface area contributed by atoms with Gasteiger partial charge in [-0.25, -0.2) is 12.8 Å². The number of hydrogen-bond acceptors (Lipinski definition) is 4. The van der Waals surface area contributed by atoms with Gasteiger partial charge in [0.2, 0.25) is 0 Å². The zero-order valence-electron chi connectivity index (χ0n) is 9.35. The molecule has 2 N–H and O–H groups in total. The lowest BCUT2D eigenvalue weighted by atomic mass is 10.2. The Bertz CT molecular complexity index is 528. The molecule has 0 saturated carbocycles. The quantitative estimate of drug-likeness (QED) is 0.805. The third-order valence-corrected chi connectivity index (χ3v) is 4.60. The molecule has 0 bridgehead atoms. The summed E-state index contributed by atoms with van der Waals surface area (Å²) in [5.74, 6) is -0.369. The highest BCUT2D eigenvalue weighted by Gasteiger charge is 2.09. The lowest BCUT2D eigenvalue weighted by Crippen LogP contribution is -2.13. The van der Waals surface area contributed by atoms with Crippen LogP contribution in [0.3, 0.4) is 0 Å². The number of benzene rings is 1. The summed E-state index contributed by atoms with van der Waals surface area (Å²) >= 11 is 0. The first-order valence-electron chi connectivity index (χ1n) is 4.84. The molecule has 0 aliphatic carbocycles. The molecule has 17 heavy (non-hydrogen) atoms. The summed E-state index contributed by atoms with van der Waals surface area (Å²) in [5.41, 5.74) is 6.36. The Hall–Kier alpha value is -0.950. The highest BCUT2D eigenvalue weighted by molar-refractivity contribution is 7.92. The van der Waals surface area contributed by atoms with Crippen molar-refractivity contribution in [1.29, 1.82) is 0 Å². The van der Waals surface area contributed by atoms with E-state index in [4.69, 9.17) is 5.73 Å². The number of sulfone groups is 1. The summed E-state index contributed by atoms with van der Waals surface area (Å²) in [6.07, 6.45) is 1.09. The Balaban J connectivity index is 2.62. The summed E-state index contributed by atoms with van der Waals surface area (Å²) in [4.78, 5) is 0. The normalized spacial score (nSPS) is 13.5. The Morgan fingerprint density at radius 2 is 2.06 bits per heavy atom. The van der Waals surface area contributed by atoms with Gasteiger partial charge in [0.15, 0.2) is 0 Å². The zero-order chi connectivity index (χ0) is 13.1. The molecular formula is C10H14FNO3S2. The van der Waals surface area contributed by atoms with Crippen LogP contribution in [0.4, 0.5) is 10.1 Å². The van der Waals surface area contributed by atoms with E-state index in [2.05, 4.69) is 0 Å². The van der Waals surface area contributed by atoms with Crippen molar-refractivity contribution in [1.82, 2.24) is 0 Å². The Labute approximate surface area is 102 Å². The first-order valence-corrected chi connectivity index (χ1v) is 8.39. The van der Waals surface area contributed by atoms with Crippen molar-refractivity contribution in [2.75, 3.05) is 23.5 Å². The number of hydrogen-bond donors (Lipinski definition) is 1. The first-order chi connectivity index (χ1) is 7.78. The third-order valence-electron chi connectivity index (χ3n) is 2.11. The summed E-state index contributed by atoms with van der Waals surface area (Å²) in [6.45, 7) is 0. The van der Waals surface area contributed by atoms with Crippen LogP contribution in [0.15, 0.2) is 18.2 Å². The summed E-state index contributed by atoms with van der Waals surface area (Å²) in [5, 5.41) is 0. The minimum atomic E-state index is -3.11. The van der Waals surface area contributed by atoms with Crippen molar-refractivity contribution < 1.29 is 17.0 Å². The fourth-order valence-corrected chi connectivity index (χ4v) is 3.90. The number of halogens is 1. The number of nitrogens with two attached hydrogens (primary N) is 1. The van der Waals surface area contributed by atoms with Crippen LogP contribution in [0.1, 0.15) is 5.56 Å². The van der Waals surface area contributed by atoms with Gasteiger partial charge in [-0.05, 0) is 17.7 Å². The van der Waals surface area contributed by atoms with Gasteiger partial charge in [0, 0.05) is 28.5 Å². The van der Waals surface area contributed by atoms with E-state index in [1.165, 1.54) is 12.1 Å². The molecule has 0 aliphatic rings. The van der Waals surface area contributed by atoms with Gasteiger partial charge in [-0.2, -0.15) is 0 Å². The molecule has 0 aliphatic heterocycles. The van der Waals surface area contributed by atoms with Crippen LogP contribution in [0.5, 0.6) is 0 Å². The first kappa shape index (κ1) is 14.1. The number of rotatable bonds is 5. The van der Waals surface area contributed by atoms with Gasteiger partial charge < -0.3 is 5.73 Å². The van der Waals surface area contributed by atoms with Crippen LogP contribution < -0.4 is 5.73 Å². The molecule has 1 aromatic rings. The summed E-state index contributed by atoms with van der Waals surface area (Å²) in [7, 11) is -4.43. The maximum Gasteiger partial charge on any atom is 0.148 e. The molecule has 0 radical (unpaired) electrons. The van der Waals surface area contributed by atoms with Gasteiger partial charge in [0.1, 0.15) is 15.7 Å². The van der Waals surface area contributed by atoms with Crippen molar-refractivity contribution in [3.05, 3.63) is 29.6 Å². The Kier molecular flexibility index (Phi) is 4.64. The zero-order valence-corrected chi connectivity index (χ0v) is 11.0. The SMILES string of the molecule is CS(=O)(=O)CCS(=O)Cc1ccc(F)cc1N. The lowest BCUT2D eigenvalue weighted by Gasteiger charge is -2.05. The molecule has 4 nitrogen and oxygen atoms in total. The molecule has 0 heterocycles. The molecule has 7 heteroatoms. The van der Waals surface area contributed by atoms with Gasteiger partial charge in [-0.3, -0.25) is 4.21 Å². The molecule has 1 atom stereocenters. The number of nitrogen functional groups attached to an aromatic ring is 1. The average Bonchev–Trinajstić information content (AvgIpc) is 2.18. The van der Waals surface area contributed by atoms with E-state index in [9.17, 15) is 17.0 Å². The molecule has 0 fully saturated rings. The molecule has 0 spiro atoms. The predicted molar refractivity (Wildman–Crippen MR) is 67.2 cm³/mol. The second-order valence-electron chi connectivity index (χ2n) is 3.76. The molecule has 0 saturated heterocycles. The van der Waals surface area contributed by atoms with E-state index in [0.29, 0.717) is 5.56 Å². The van der Waals surface area contributed by atoms with Gasteiger partial charge in [0.25, 0.3) is 0 Å². The predicted octanol–water partition coefficient (Wildman–Crippen LogP) is 0.701. The molecule has 1 aromatic carbocycles. The van der Waals surface area contributed by atoms with Crippen molar-refractivity contribution in [2.24, 2.45) is 0 Å². The highest BCUT2D eigenvalue weighted by Crippen LogP contribution is 2.15. The maximum absolute atomic E-state index is 12.8. The van der Waals surface area contributed by atoms with Crippen LogP contribution in [0.2, 0.25) is 0 Å². The van der Waals surface area contributed by atoms with Crippen LogP contribution in [-0.4, -0.2) is 30.4 Å². The largest absolute Gasteiger partial charge is 0.398 e. The van der Waals surface area contributed by atoms with Crippen molar-refractivity contribution in [3.8, 4) is 0 Å². The van der Waals surface area contributed by atoms with Crippen LogP contribution in [0, 0.1) is 5.82 Å². The highest BCUT2D eigenvalue weighted by atomic mass is 32.2. The van der Waals surface area contributed by atoms with Gasteiger partial charge in [-0.15, -0.1) is 0 Å². The Morgan fingerprint density at radius 1 is 1.41 bits per heavy atom. The fourth-order valence-electron chi connectivity index (χ4n) is 1.19. The second-order valence-corrected chi connectivity index (χ2v) is 7.60. The molecule has 0 amide bonds.